The molecular formula is C12H19N3O2S. The van der Waals surface area contributed by atoms with Crippen LogP contribution in [-0.4, -0.2) is 33.5 Å². The molecule has 1 aromatic rings. The van der Waals surface area contributed by atoms with Gasteiger partial charge in [0.25, 0.3) is 0 Å². The van der Waals surface area contributed by atoms with Gasteiger partial charge in [-0.05, 0) is 12.3 Å². The fraction of sp³-hybridized carbons (Fsp3) is 0.750. The molecule has 2 rings (SSSR count). The molecule has 1 saturated heterocycles. The average molecular weight is 269 g/mol. The number of nitrogens with zero attached hydrogens (tertiary/aromatic N) is 3. The summed E-state index contributed by atoms with van der Waals surface area (Å²) in [6.07, 6.45) is 1.18. The van der Waals surface area contributed by atoms with Gasteiger partial charge in [-0.2, -0.15) is 4.37 Å². The number of hydrogen-bond acceptors (Lipinski definition) is 5. The molecule has 1 aliphatic heterocycles. The second-order valence-electron chi connectivity index (χ2n) is 5.85. The van der Waals surface area contributed by atoms with Crippen molar-refractivity contribution in [1.29, 1.82) is 0 Å². The number of aromatic nitrogens is 2. The van der Waals surface area contributed by atoms with Crippen LogP contribution in [0.3, 0.4) is 0 Å². The largest absolute Gasteiger partial charge is 0.481 e. The molecule has 0 spiro atoms. The Bertz CT molecular complexity index is 439. The maximum atomic E-state index is 10.7. The van der Waals surface area contributed by atoms with Crippen LogP contribution in [-0.2, 0) is 10.2 Å². The minimum Gasteiger partial charge on any atom is -0.481 e. The zero-order valence-electron chi connectivity index (χ0n) is 11.0. The van der Waals surface area contributed by atoms with Crippen LogP contribution in [0.15, 0.2) is 0 Å². The van der Waals surface area contributed by atoms with Gasteiger partial charge < -0.3 is 10.0 Å². The van der Waals surface area contributed by atoms with E-state index in [1.807, 2.05) is 0 Å². The Labute approximate surface area is 111 Å². The van der Waals surface area contributed by atoms with E-state index in [1.165, 1.54) is 11.5 Å². The summed E-state index contributed by atoms with van der Waals surface area (Å²) >= 11 is 1.41. The zero-order chi connectivity index (χ0) is 13.3. The molecular weight excluding hydrogens is 250 g/mol. The highest BCUT2D eigenvalue weighted by Crippen LogP contribution is 2.29. The Morgan fingerprint density at radius 3 is 2.83 bits per heavy atom. The maximum absolute atomic E-state index is 10.7. The van der Waals surface area contributed by atoms with Crippen molar-refractivity contribution >= 4 is 22.6 Å². The molecule has 5 nitrogen and oxygen atoms in total. The van der Waals surface area contributed by atoms with E-state index in [0.29, 0.717) is 0 Å². The molecule has 100 valence electrons. The quantitative estimate of drug-likeness (QED) is 0.910. The van der Waals surface area contributed by atoms with Crippen molar-refractivity contribution in [1.82, 2.24) is 9.36 Å². The summed E-state index contributed by atoms with van der Waals surface area (Å²) in [7, 11) is 0. The summed E-state index contributed by atoms with van der Waals surface area (Å²) in [5.41, 5.74) is -0.0328. The van der Waals surface area contributed by atoms with Crippen LogP contribution in [0.5, 0.6) is 0 Å². The maximum Gasteiger partial charge on any atom is 0.303 e. The molecule has 0 saturated carbocycles. The van der Waals surface area contributed by atoms with Crippen LogP contribution in [0.2, 0.25) is 0 Å². The molecule has 0 aliphatic carbocycles. The lowest BCUT2D eigenvalue weighted by atomic mass is 9.96. The summed E-state index contributed by atoms with van der Waals surface area (Å²) in [6.45, 7) is 7.95. The minimum absolute atomic E-state index is 0.0328. The van der Waals surface area contributed by atoms with Crippen LogP contribution < -0.4 is 4.90 Å². The van der Waals surface area contributed by atoms with E-state index in [1.54, 1.807) is 0 Å². The molecule has 0 aromatic carbocycles. The molecule has 0 amide bonds. The van der Waals surface area contributed by atoms with Gasteiger partial charge >= 0.3 is 5.97 Å². The first-order chi connectivity index (χ1) is 8.36. The van der Waals surface area contributed by atoms with Crippen molar-refractivity contribution in [3.8, 4) is 0 Å². The van der Waals surface area contributed by atoms with Gasteiger partial charge in [0.1, 0.15) is 5.82 Å². The molecule has 2 heterocycles. The molecule has 1 unspecified atom stereocenters. The lowest BCUT2D eigenvalue weighted by Crippen LogP contribution is -2.21. The van der Waals surface area contributed by atoms with E-state index < -0.39 is 5.97 Å². The number of anilines is 1. The molecule has 1 fully saturated rings. The van der Waals surface area contributed by atoms with Crippen LogP contribution in [0, 0.1) is 5.92 Å². The number of carboxylic acid groups (broad SMARTS) is 1. The first-order valence-corrected chi connectivity index (χ1v) is 6.94. The van der Waals surface area contributed by atoms with Gasteiger partial charge in [-0.3, -0.25) is 4.79 Å². The number of aliphatic carboxylic acids is 1. The van der Waals surface area contributed by atoms with Gasteiger partial charge in [-0.25, -0.2) is 4.98 Å². The summed E-state index contributed by atoms with van der Waals surface area (Å²) in [5, 5.41) is 9.72. The van der Waals surface area contributed by atoms with E-state index in [2.05, 4.69) is 35.0 Å². The lowest BCUT2D eigenvalue weighted by Gasteiger charge is -2.15. The van der Waals surface area contributed by atoms with Crippen molar-refractivity contribution in [2.24, 2.45) is 5.92 Å². The fourth-order valence-electron chi connectivity index (χ4n) is 2.07. The van der Waals surface area contributed by atoms with Gasteiger partial charge in [-0.15, -0.1) is 0 Å². The van der Waals surface area contributed by atoms with Gasteiger partial charge in [0.2, 0.25) is 5.13 Å². The van der Waals surface area contributed by atoms with Crippen LogP contribution in [0.4, 0.5) is 5.13 Å². The predicted octanol–water partition coefficient (Wildman–Crippen LogP) is 2.14. The third-order valence-electron chi connectivity index (χ3n) is 3.11. The van der Waals surface area contributed by atoms with E-state index in [4.69, 9.17) is 5.11 Å². The second-order valence-corrected chi connectivity index (χ2v) is 6.58. The normalized spacial score (nSPS) is 20.4. The van der Waals surface area contributed by atoms with E-state index in [9.17, 15) is 4.79 Å². The van der Waals surface area contributed by atoms with Crippen molar-refractivity contribution < 1.29 is 9.90 Å². The second kappa shape index (κ2) is 4.84. The van der Waals surface area contributed by atoms with Crippen molar-refractivity contribution in [3.63, 3.8) is 0 Å². The Morgan fingerprint density at radius 1 is 1.56 bits per heavy atom. The van der Waals surface area contributed by atoms with Crippen LogP contribution in [0.25, 0.3) is 0 Å². The SMILES string of the molecule is CC(C)(C)c1nsc(N2CCC(CC(=O)O)C2)n1. The lowest BCUT2D eigenvalue weighted by molar-refractivity contribution is -0.137. The average Bonchev–Trinajstić information content (AvgIpc) is 2.81. The smallest absolute Gasteiger partial charge is 0.303 e. The zero-order valence-corrected chi connectivity index (χ0v) is 11.8. The highest BCUT2D eigenvalue weighted by molar-refractivity contribution is 7.09. The molecule has 6 heteroatoms. The summed E-state index contributed by atoms with van der Waals surface area (Å²) in [5.74, 6) is 0.392. The van der Waals surface area contributed by atoms with E-state index >= 15 is 0 Å². The van der Waals surface area contributed by atoms with Crippen molar-refractivity contribution in [3.05, 3.63) is 5.82 Å². The Morgan fingerprint density at radius 2 is 2.28 bits per heavy atom. The number of hydrogen-bond donors (Lipinski definition) is 1. The standard InChI is InChI=1S/C12H19N3O2S/c1-12(2,3)10-13-11(18-14-10)15-5-4-8(7-15)6-9(16)17/h8H,4-7H2,1-3H3,(H,16,17). The summed E-state index contributed by atoms with van der Waals surface area (Å²) in [4.78, 5) is 17.4. The molecule has 18 heavy (non-hydrogen) atoms. The van der Waals surface area contributed by atoms with Gasteiger partial charge in [0.15, 0.2) is 0 Å². The molecule has 1 atom stereocenters. The molecule has 0 bridgehead atoms. The molecule has 1 aromatic heterocycles. The summed E-state index contributed by atoms with van der Waals surface area (Å²) < 4.78 is 4.39. The third-order valence-corrected chi connectivity index (χ3v) is 3.88. The van der Waals surface area contributed by atoms with Crippen LogP contribution >= 0.6 is 11.5 Å². The topological polar surface area (TPSA) is 66.3 Å². The Kier molecular flexibility index (Phi) is 3.56. The Hall–Kier alpha value is -1.17. The van der Waals surface area contributed by atoms with E-state index in [0.717, 1.165) is 30.5 Å². The van der Waals surface area contributed by atoms with Gasteiger partial charge in [0.05, 0.1) is 0 Å². The third kappa shape index (κ3) is 2.98. The van der Waals surface area contributed by atoms with Crippen molar-refractivity contribution in [2.75, 3.05) is 18.0 Å². The Balaban J connectivity index is 2.01. The fourth-order valence-corrected chi connectivity index (χ4v) is 2.96. The monoisotopic (exact) mass is 269 g/mol. The molecule has 0 radical (unpaired) electrons. The van der Waals surface area contributed by atoms with E-state index in [-0.39, 0.29) is 17.8 Å². The van der Waals surface area contributed by atoms with Crippen LogP contribution in [0.1, 0.15) is 39.4 Å². The van der Waals surface area contributed by atoms with Gasteiger partial charge in [0, 0.05) is 36.5 Å². The predicted molar refractivity (Wildman–Crippen MR) is 71.2 cm³/mol. The molecule has 1 N–H and O–H groups in total. The highest BCUT2D eigenvalue weighted by Gasteiger charge is 2.28. The summed E-state index contributed by atoms with van der Waals surface area (Å²) in [6, 6.07) is 0. The number of rotatable bonds is 3. The first-order valence-electron chi connectivity index (χ1n) is 6.17. The number of carbonyl (C=O) groups is 1. The number of carboxylic acids is 1. The highest BCUT2D eigenvalue weighted by atomic mass is 32.1. The van der Waals surface area contributed by atoms with Crippen molar-refractivity contribution in [2.45, 2.75) is 39.0 Å². The first kappa shape index (κ1) is 13.3. The molecule has 1 aliphatic rings. The van der Waals surface area contributed by atoms with Gasteiger partial charge in [-0.1, -0.05) is 20.8 Å². The minimum atomic E-state index is -0.713.